The molecule has 0 bridgehead atoms. The Morgan fingerprint density at radius 1 is 0.511 bits per heavy atom. The lowest BCUT2D eigenvalue weighted by molar-refractivity contribution is -0.151. The highest BCUT2D eigenvalue weighted by Gasteiger charge is 2.34. The number of piperidine rings is 1. The molecule has 2 unspecified atom stereocenters. The summed E-state index contributed by atoms with van der Waals surface area (Å²) in [4.78, 5) is 29.1. The zero-order valence-corrected chi connectivity index (χ0v) is 32.4. The summed E-state index contributed by atoms with van der Waals surface area (Å²) in [5, 5.41) is 0. The molecule has 0 aliphatic carbocycles. The molecule has 0 aromatic carbocycles. The Morgan fingerprint density at radius 3 is 1.15 bits per heavy atom. The van der Waals surface area contributed by atoms with E-state index in [9.17, 15) is 9.59 Å². The molecule has 0 aromatic rings. The van der Waals surface area contributed by atoms with Gasteiger partial charge in [-0.1, -0.05) is 156 Å². The average Bonchev–Trinajstić information content (AvgIpc) is 3.07. The summed E-state index contributed by atoms with van der Waals surface area (Å²) >= 11 is 0. The van der Waals surface area contributed by atoms with E-state index in [1.165, 1.54) is 103 Å². The third kappa shape index (κ3) is 22.3. The van der Waals surface area contributed by atoms with Crippen LogP contribution in [0.25, 0.3) is 0 Å². The van der Waals surface area contributed by atoms with Gasteiger partial charge in [0.05, 0.1) is 25.0 Å². The van der Waals surface area contributed by atoms with Crippen molar-refractivity contribution in [1.29, 1.82) is 0 Å². The van der Waals surface area contributed by atoms with E-state index in [-0.39, 0.29) is 29.2 Å². The Bertz CT molecular complexity index is 680. The topological polar surface area (TPSA) is 55.8 Å². The van der Waals surface area contributed by atoms with Crippen LogP contribution in [-0.2, 0) is 19.1 Å². The first-order valence-electron chi connectivity index (χ1n) is 20.9. The molecule has 5 nitrogen and oxygen atoms in total. The van der Waals surface area contributed by atoms with Crippen molar-refractivity contribution in [3.63, 3.8) is 0 Å². The van der Waals surface area contributed by atoms with Gasteiger partial charge in [0.1, 0.15) is 0 Å². The average molecular weight is 664 g/mol. The molecule has 2 atom stereocenters. The van der Waals surface area contributed by atoms with Gasteiger partial charge in [0, 0.05) is 0 Å². The lowest BCUT2D eigenvalue weighted by Crippen LogP contribution is -2.40. The molecular weight excluding hydrogens is 582 g/mol. The number of hydrogen-bond acceptors (Lipinski definition) is 5. The van der Waals surface area contributed by atoms with Crippen LogP contribution in [0.1, 0.15) is 207 Å². The first kappa shape index (κ1) is 43.9. The molecule has 1 heterocycles. The second-order valence-electron chi connectivity index (χ2n) is 15.3. The number of unbranched alkanes of at least 4 members (excludes halogenated alkanes) is 16. The van der Waals surface area contributed by atoms with Crippen LogP contribution >= 0.6 is 0 Å². The maximum absolute atomic E-state index is 13.3. The molecule has 47 heavy (non-hydrogen) atoms. The molecule has 1 saturated heterocycles. The van der Waals surface area contributed by atoms with Gasteiger partial charge in [0.25, 0.3) is 0 Å². The molecular formula is C42H81NO4. The molecule has 0 amide bonds. The van der Waals surface area contributed by atoms with Gasteiger partial charge in [-0.25, -0.2) is 0 Å². The van der Waals surface area contributed by atoms with Crippen molar-refractivity contribution in [2.75, 3.05) is 33.4 Å². The molecule has 1 aliphatic heterocycles. The first-order chi connectivity index (χ1) is 22.9. The predicted molar refractivity (Wildman–Crippen MR) is 201 cm³/mol. The van der Waals surface area contributed by atoms with Crippen molar-refractivity contribution in [3.05, 3.63) is 0 Å². The van der Waals surface area contributed by atoms with Gasteiger partial charge < -0.3 is 14.4 Å². The quantitative estimate of drug-likeness (QED) is 0.0529. The smallest absolute Gasteiger partial charge is 0.308 e. The molecule has 0 saturated carbocycles. The Balaban J connectivity index is 2.66. The minimum absolute atomic E-state index is 0.0326. The minimum atomic E-state index is 0.0326. The van der Waals surface area contributed by atoms with E-state index in [0.29, 0.717) is 13.2 Å². The fourth-order valence-electron chi connectivity index (χ4n) is 7.43. The Labute approximate surface area is 293 Å². The van der Waals surface area contributed by atoms with Gasteiger partial charge in [0.15, 0.2) is 0 Å². The van der Waals surface area contributed by atoms with Crippen LogP contribution in [0.4, 0.5) is 0 Å². The van der Waals surface area contributed by atoms with E-state index in [0.717, 1.165) is 90.1 Å². The summed E-state index contributed by atoms with van der Waals surface area (Å²) in [7, 11) is 2.20. The van der Waals surface area contributed by atoms with Crippen molar-refractivity contribution in [2.24, 2.45) is 17.3 Å². The SMILES string of the molecule is CCCCCCCCC(CCCCCC)C(=O)OCCC1(CCOC(=O)C(CCCCCC)CCCCCCCC)CCN(C)CC1. The van der Waals surface area contributed by atoms with E-state index in [4.69, 9.17) is 9.47 Å². The number of rotatable bonds is 32. The highest BCUT2D eigenvalue weighted by molar-refractivity contribution is 5.72. The third-order valence-electron chi connectivity index (χ3n) is 11.1. The molecule has 0 radical (unpaired) electrons. The molecule has 278 valence electrons. The fraction of sp³-hybridized carbons (Fsp3) is 0.952. The Kier molecular flexibility index (Phi) is 27.8. The molecule has 1 fully saturated rings. The summed E-state index contributed by atoms with van der Waals surface area (Å²) in [5.41, 5.74) is 0.0822. The van der Waals surface area contributed by atoms with Crippen molar-refractivity contribution in [2.45, 2.75) is 207 Å². The number of hydrogen-bond donors (Lipinski definition) is 0. The monoisotopic (exact) mass is 664 g/mol. The maximum atomic E-state index is 13.3. The van der Waals surface area contributed by atoms with Crippen LogP contribution in [0.15, 0.2) is 0 Å². The fourth-order valence-corrected chi connectivity index (χ4v) is 7.43. The summed E-state index contributed by atoms with van der Waals surface area (Å²) in [6.45, 7) is 12.1. The standard InChI is InChI=1S/C42H81NO4/c1-6-10-14-18-20-24-28-38(26-22-16-12-8-3)40(44)46-36-32-42(30-34-43(5)35-31-42)33-37-47-41(45)39(27-23-17-13-9-4)29-25-21-19-15-11-7-2/h38-39H,6-37H2,1-5H3. The van der Waals surface area contributed by atoms with Crippen LogP contribution in [0, 0.1) is 17.3 Å². The van der Waals surface area contributed by atoms with Crippen LogP contribution < -0.4 is 0 Å². The zero-order valence-electron chi connectivity index (χ0n) is 32.4. The highest BCUT2D eigenvalue weighted by atomic mass is 16.5. The Hall–Kier alpha value is -1.10. The molecule has 1 aliphatic rings. The van der Waals surface area contributed by atoms with E-state index in [1.54, 1.807) is 0 Å². The lowest BCUT2D eigenvalue weighted by Gasteiger charge is -2.40. The van der Waals surface area contributed by atoms with Gasteiger partial charge in [-0.2, -0.15) is 0 Å². The van der Waals surface area contributed by atoms with E-state index < -0.39 is 0 Å². The second-order valence-corrected chi connectivity index (χ2v) is 15.3. The second kappa shape index (κ2) is 29.8. The van der Waals surface area contributed by atoms with Gasteiger partial charge >= 0.3 is 11.9 Å². The van der Waals surface area contributed by atoms with E-state index >= 15 is 0 Å². The summed E-state index contributed by atoms with van der Waals surface area (Å²) in [5.74, 6) is 0.164. The van der Waals surface area contributed by atoms with Crippen molar-refractivity contribution >= 4 is 11.9 Å². The maximum Gasteiger partial charge on any atom is 0.308 e. The van der Waals surface area contributed by atoms with Gasteiger partial charge in [-0.3, -0.25) is 9.59 Å². The van der Waals surface area contributed by atoms with Crippen LogP contribution in [0.5, 0.6) is 0 Å². The molecule has 1 rings (SSSR count). The first-order valence-corrected chi connectivity index (χ1v) is 20.9. The van der Waals surface area contributed by atoms with Gasteiger partial charge in [-0.15, -0.1) is 0 Å². The summed E-state index contributed by atoms with van der Waals surface area (Å²) < 4.78 is 12.1. The van der Waals surface area contributed by atoms with Crippen LogP contribution in [0.2, 0.25) is 0 Å². The zero-order chi connectivity index (χ0) is 34.4. The summed E-state index contributed by atoms with van der Waals surface area (Å²) in [6, 6.07) is 0. The lowest BCUT2D eigenvalue weighted by atomic mass is 9.73. The van der Waals surface area contributed by atoms with E-state index in [2.05, 4.69) is 39.6 Å². The van der Waals surface area contributed by atoms with Gasteiger partial charge in [-0.05, 0) is 76.9 Å². The predicted octanol–water partition coefficient (Wildman–Crippen LogP) is 12.2. The normalized spacial score (nSPS) is 16.2. The number of esters is 2. The molecule has 0 aromatic heterocycles. The van der Waals surface area contributed by atoms with Crippen LogP contribution in [-0.4, -0.2) is 50.2 Å². The number of carbonyl (C=O) groups is 2. The van der Waals surface area contributed by atoms with Crippen molar-refractivity contribution in [3.8, 4) is 0 Å². The van der Waals surface area contributed by atoms with Crippen molar-refractivity contribution in [1.82, 2.24) is 4.90 Å². The largest absolute Gasteiger partial charge is 0.465 e. The molecule has 5 heteroatoms. The molecule has 0 N–H and O–H groups in total. The van der Waals surface area contributed by atoms with Crippen LogP contribution in [0.3, 0.4) is 0 Å². The number of likely N-dealkylation sites (tertiary alicyclic amines) is 1. The van der Waals surface area contributed by atoms with Gasteiger partial charge in [0.2, 0.25) is 0 Å². The Morgan fingerprint density at radius 2 is 0.809 bits per heavy atom. The van der Waals surface area contributed by atoms with E-state index in [1.807, 2.05) is 0 Å². The van der Waals surface area contributed by atoms with Crippen molar-refractivity contribution < 1.29 is 19.1 Å². The number of carbonyl (C=O) groups excluding carboxylic acids is 2. The molecule has 0 spiro atoms. The number of nitrogens with zero attached hydrogens (tertiary/aromatic N) is 1. The third-order valence-corrected chi connectivity index (χ3v) is 11.1. The number of ether oxygens (including phenoxy) is 2. The minimum Gasteiger partial charge on any atom is -0.465 e. The highest BCUT2D eigenvalue weighted by Crippen LogP contribution is 2.38. The summed E-state index contributed by atoms with van der Waals surface area (Å²) in [6.07, 6.45) is 32.5.